The normalized spacial score (nSPS) is 10.6. The number of benzene rings is 2. The van der Waals surface area contributed by atoms with E-state index >= 15 is 0 Å². The first-order chi connectivity index (χ1) is 9.15. The minimum Gasteiger partial charge on any atom is -0.508 e. The van der Waals surface area contributed by atoms with Crippen LogP contribution in [0, 0.1) is 5.82 Å². The van der Waals surface area contributed by atoms with E-state index in [9.17, 15) is 4.39 Å². The van der Waals surface area contributed by atoms with Gasteiger partial charge in [0.05, 0.1) is 0 Å². The summed E-state index contributed by atoms with van der Waals surface area (Å²) in [6.07, 6.45) is 0.829. The molecule has 4 heteroatoms. The Morgan fingerprint density at radius 2 is 1.84 bits per heavy atom. The Morgan fingerprint density at radius 1 is 1.11 bits per heavy atom. The van der Waals surface area contributed by atoms with Gasteiger partial charge in [-0.2, -0.15) is 0 Å². The van der Waals surface area contributed by atoms with Crippen LogP contribution in [-0.4, -0.2) is 11.7 Å². The van der Waals surface area contributed by atoms with Crippen LogP contribution in [0.2, 0.25) is 5.02 Å². The van der Waals surface area contributed by atoms with Gasteiger partial charge in [-0.3, -0.25) is 0 Å². The van der Waals surface area contributed by atoms with E-state index in [-0.39, 0.29) is 11.6 Å². The van der Waals surface area contributed by atoms with E-state index in [1.165, 1.54) is 6.07 Å². The fourth-order valence-corrected chi connectivity index (χ4v) is 1.94. The molecule has 0 aromatic heterocycles. The number of hydrogen-bond acceptors (Lipinski definition) is 2. The number of hydrogen-bond donors (Lipinski definition) is 2. The lowest BCUT2D eigenvalue weighted by Crippen LogP contribution is -2.17. The van der Waals surface area contributed by atoms with E-state index in [4.69, 9.17) is 16.7 Å². The molecule has 0 spiro atoms. The molecule has 19 heavy (non-hydrogen) atoms. The van der Waals surface area contributed by atoms with Crippen LogP contribution in [-0.2, 0) is 13.0 Å². The standard InChI is InChI=1S/C15H15ClFNO/c16-13-4-3-12(15(17)9-13)10-18-8-7-11-1-5-14(19)6-2-11/h1-6,9,18-19H,7-8,10H2. The molecular weight excluding hydrogens is 265 g/mol. The lowest BCUT2D eigenvalue weighted by Gasteiger charge is -2.06. The lowest BCUT2D eigenvalue weighted by atomic mass is 10.1. The summed E-state index contributed by atoms with van der Waals surface area (Å²) in [6, 6.07) is 11.8. The van der Waals surface area contributed by atoms with Gasteiger partial charge in [-0.15, -0.1) is 0 Å². The third-order valence-electron chi connectivity index (χ3n) is 2.86. The van der Waals surface area contributed by atoms with Crippen molar-refractivity contribution in [3.8, 4) is 5.75 Å². The number of nitrogens with one attached hydrogen (secondary N) is 1. The highest BCUT2D eigenvalue weighted by Gasteiger charge is 2.02. The molecule has 0 amide bonds. The number of aromatic hydroxyl groups is 1. The Kier molecular flexibility index (Phi) is 4.77. The summed E-state index contributed by atoms with van der Waals surface area (Å²) >= 11 is 5.69. The highest BCUT2D eigenvalue weighted by molar-refractivity contribution is 6.30. The molecule has 0 radical (unpaired) electrons. The average Bonchev–Trinajstić information content (AvgIpc) is 2.39. The molecule has 0 aliphatic heterocycles. The number of phenols is 1. The summed E-state index contributed by atoms with van der Waals surface area (Å²) in [5.41, 5.74) is 1.73. The van der Waals surface area contributed by atoms with Crippen LogP contribution in [0.5, 0.6) is 5.75 Å². The van der Waals surface area contributed by atoms with Gasteiger partial charge >= 0.3 is 0 Å². The van der Waals surface area contributed by atoms with E-state index in [1.807, 2.05) is 12.1 Å². The van der Waals surface area contributed by atoms with Crippen LogP contribution in [0.15, 0.2) is 42.5 Å². The molecule has 0 saturated heterocycles. The first kappa shape index (κ1) is 13.8. The second-order valence-electron chi connectivity index (χ2n) is 4.33. The molecule has 0 atom stereocenters. The topological polar surface area (TPSA) is 32.3 Å². The van der Waals surface area contributed by atoms with Gasteiger partial charge in [0, 0.05) is 17.1 Å². The Morgan fingerprint density at radius 3 is 2.53 bits per heavy atom. The summed E-state index contributed by atoms with van der Waals surface area (Å²) in [6.45, 7) is 1.22. The minimum atomic E-state index is -0.287. The first-order valence-electron chi connectivity index (χ1n) is 6.08. The molecule has 2 rings (SSSR count). The van der Waals surface area contributed by atoms with Crippen molar-refractivity contribution in [2.75, 3.05) is 6.54 Å². The van der Waals surface area contributed by atoms with E-state index < -0.39 is 0 Å². The summed E-state index contributed by atoms with van der Waals surface area (Å²) in [5, 5.41) is 12.7. The van der Waals surface area contributed by atoms with Gasteiger partial charge in [-0.25, -0.2) is 4.39 Å². The summed E-state index contributed by atoms with van der Waals surface area (Å²) < 4.78 is 13.5. The molecule has 0 aliphatic carbocycles. The van der Waals surface area contributed by atoms with Gasteiger partial charge in [-0.05, 0) is 42.8 Å². The maximum atomic E-state index is 13.5. The van der Waals surface area contributed by atoms with Crippen LogP contribution in [0.1, 0.15) is 11.1 Å². The third-order valence-corrected chi connectivity index (χ3v) is 3.09. The zero-order valence-corrected chi connectivity index (χ0v) is 11.1. The van der Waals surface area contributed by atoms with Crippen molar-refractivity contribution in [2.45, 2.75) is 13.0 Å². The van der Waals surface area contributed by atoms with Gasteiger partial charge < -0.3 is 10.4 Å². The molecule has 2 N–H and O–H groups in total. The molecule has 2 aromatic carbocycles. The van der Waals surface area contributed by atoms with Crippen molar-refractivity contribution < 1.29 is 9.50 Å². The second-order valence-corrected chi connectivity index (χ2v) is 4.77. The number of rotatable bonds is 5. The lowest BCUT2D eigenvalue weighted by molar-refractivity contribution is 0.475. The Bertz CT molecular complexity index is 542. The van der Waals surface area contributed by atoms with Crippen molar-refractivity contribution in [1.29, 1.82) is 0 Å². The fourth-order valence-electron chi connectivity index (χ4n) is 1.78. The number of phenolic OH excluding ortho intramolecular Hbond substituents is 1. The molecule has 0 heterocycles. The molecule has 0 unspecified atom stereocenters. The van der Waals surface area contributed by atoms with Gasteiger partial charge in [0.15, 0.2) is 0 Å². The molecule has 0 saturated carbocycles. The molecule has 0 bridgehead atoms. The molecular formula is C15H15ClFNO. The highest BCUT2D eigenvalue weighted by Crippen LogP contribution is 2.14. The minimum absolute atomic E-state index is 0.264. The first-order valence-corrected chi connectivity index (χ1v) is 6.45. The van der Waals surface area contributed by atoms with Crippen LogP contribution in [0.3, 0.4) is 0 Å². The predicted molar refractivity (Wildman–Crippen MR) is 74.9 cm³/mol. The predicted octanol–water partition coefficient (Wildman–Crippen LogP) is 3.52. The van der Waals surface area contributed by atoms with Gasteiger partial charge in [0.25, 0.3) is 0 Å². The second kappa shape index (κ2) is 6.55. The van der Waals surface area contributed by atoms with E-state index in [0.717, 1.165) is 18.5 Å². The van der Waals surface area contributed by atoms with Crippen molar-refractivity contribution in [2.24, 2.45) is 0 Å². The SMILES string of the molecule is Oc1ccc(CCNCc2ccc(Cl)cc2F)cc1. The fraction of sp³-hybridized carbons (Fsp3) is 0.200. The van der Waals surface area contributed by atoms with Gasteiger partial charge in [0.2, 0.25) is 0 Å². The zero-order valence-electron chi connectivity index (χ0n) is 10.4. The molecule has 2 nitrogen and oxygen atoms in total. The maximum absolute atomic E-state index is 13.5. The Balaban J connectivity index is 1.79. The summed E-state index contributed by atoms with van der Waals surface area (Å²) in [4.78, 5) is 0. The van der Waals surface area contributed by atoms with Crippen LogP contribution < -0.4 is 5.32 Å². The Labute approximate surface area is 116 Å². The largest absolute Gasteiger partial charge is 0.508 e. The average molecular weight is 280 g/mol. The Hall–Kier alpha value is -1.58. The summed E-state index contributed by atoms with van der Waals surface area (Å²) in [7, 11) is 0. The molecule has 0 fully saturated rings. The van der Waals surface area contributed by atoms with Crippen molar-refractivity contribution in [1.82, 2.24) is 5.32 Å². The monoisotopic (exact) mass is 279 g/mol. The van der Waals surface area contributed by atoms with Gasteiger partial charge in [-0.1, -0.05) is 29.8 Å². The molecule has 2 aromatic rings. The summed E-state index contributed by atoms with van der Waals surface area (Å²) in [5.74, 6) is -0.0235. The van der Waals surface area contributed by atoms with Crippen molar-refractivity contribution in [3.05, 3.63) is 64.4 Å². The van der Waals surface area contributed by atoms with Crippen molar-refractivity contribution >= 4 is 11.6 Å². The zero-order chi connectivity index (χ0) is 13.7. The van der Waals surface area contributed by atoms with E-state index in [0.29, 0.717) is 17.1 Å². The van der Waals surface area contributed by atoms with E-state index in [1.54, 1.807) is 24.3 Å². The van der Waals surface area contributed by atoms with Crippen LogP contribution in [0.25, 0.3) is 0 Å². The highest BCUT2D eigenvalue weighted by atomic mass is 35.5. The van der Waals surface area contributed by atoms with E-state index in [2.05, 4.69) is 5.32 Å². The quantitative estimate of drug-likeness (QED) is 0.821. The smallest absolute Gasteiger partial charge is 0.129 e. The van der Waals surface area contributed by atoms with Crippen molar-refractivity contribution in [3.63, 3.8) is 0 Å². The third kappa shape index (κ3) is 4.23. The van der Waals surface area contributed by atoms with Gasteiger partial charge in [0.1, 0.15) is 11.6 Å². The van der Waals surface area contributed by atoms with Crippen LogP contribution in [0.4, 0.5) is 4.39 Å². The maximum Gasteiger partial charge on any atom is 0.129 e. The van der Waals surface area contributed by atoms with Crippen LogP contribution >= 0.6 is 11.6 Å². The molecule has 0 aliphatic rings. The number of halogens is 2. The molecule has 100 valence electrons.